The molecular formula is C5H11Cl2HfSi. The minimum atomic E-state index is -1.84. The van der Waals surface area contributed by atoms with Gasteiger partial charge < -0.3 is 0 Å². The van der Waals surface area contributed by atoms with Gasteiger partial charge in [0.2, 0.25) is 0 Å². The average molecular weight is 349 g/mol. The summed E-state index contributed by atoms with van der Waals surface area (Å²) in [5.74, 6) is 0. The second-order valence-corrected chi connectivity index (χ2v) is 25.5. The molecule has 0 saturated carbocycles. The Kier molecular flexibility index (Phi) is 9.21. The molecule has 0 aliphatic carbocycles. The zero-order chi connectivity index (χ0) is 7.11. The van der Waals surface area contributed by atoms with Gasteiger partial charge >= 0.3 is 73.3 Å². The van der Waals surface area contributed by atoms with Gasteiger partial charge in [-0.1, -0.05) is 0 Å². The first-order chi connectivity index (χ1) is 4.27. The van der Waals surface area contributed by atoms with Crippen LogP contribution in [0.2, 0.25) is 6.04 Å². The molecule has 0 heterocycles. The molecule has 0 saturated heterocycles. The quantitative estimate of drug-likeness (QED) is 0.541. The molecule has 0 rings (SSSR count). The van der Waals surface area contributed by atoms with Crippen LogP contribution in [0.15, 0.2) is 0 Å². The first-order valence-electron chi connectivity index (χ1n) is 3.19. The van der Waals surface area contributed by atoms with Crippen molar-refractivity contribution in [2.24, 2.45) is 0 Å². The molecule has 0 bridgehead atoms. The van der Waals surface area contributed by atoms with Gasteiger partial charge in [0.25, 0.3) is 0 Å². The summed E-state index contributed by atoms with van der Waals surface area (Å²) in [6.07, 6.45) is 4.93. The minimum absolute atomic E-state index is 0.942. The van der Waals surface area contributed by atoms with Gasteiger partial charge in [-0.15, -0.1) is 0 Å². The molecule has 0 atom stereocenters. The van der Waals surface area contributed by atoms with Crippen molar-refractivity contribution < 1.29 is 17.7 Å². The van der Waals surface area contributed by atoms with Crippen molar-refractivity contribution in [1.82, 2.24) is 0 Å². The van der Waals surface area contributed by atoms with E-state index in [-0.39, 0.29) is 0 Å². The molecule has 0 N–H and O–H groups in total. The molecule has 0 aromatic heterocycles. The Morgan fingerprint density at radius 1 is 1.33 bits per heavy atom. The van der Waals surface area contributed by atoms with Crippen LogP contribution in [0.3, 0.4) is 0 Å². The van der Waals surface area contributed by atoms with Crippen LogP contribution < -0.4 is 0 Å². The summed E-state index contributed by atoms with van der Waals surface area (Å²) in [6, 6.07) is 1.29. The van der Waals surface area contributed by atoms with Crippen molar-refractivity contribution in [3.63, 3.8) is 0 Å². The van der Waals surface area contributed by atoms with Gasteiger partial charge in [0.15, 0.2) is 0 Å². The fourth-order valence-electron chi connectivity index (χ4n) is 0.558. The van der Waals surface area contributed by atoms with E-state index in [0.717, 1.165) is 6.22 Å². The SMILES string of the molecule is CCCCC[Si]=[Hf]([Cl])[Cl]. The Morgan fingerprint density at radius 2 is 2.00 bits per heavy atom. The maximum absolute atomic E-state index is 5.75. The van der Waals surface area contributed by atoms with Crippen LogP contribution in [0.25, 0.3) is 0 Å². The zero-order valence-electron chi connectivity index (χ0n) is 5.58. The summed E-state index contributed by atoms with van der Waals surface area (Å²) in [7, 11) is 11.5. The molecule has 0 unspecified atom stereocenters. The molecule has 4 heteroatoms. The molecule has 9 heavy (non-hydrogen) atoms. The van der Waals surface area contributed by atoms with E-state index in [2.05, 4.69) is 6.92 Å². The zero-order valence-corrected chi connectivity index (χ0v) is 11.7. The Morgan fingerprint density at radius 3 is 2.44 bits per heavy atom. The fourth-order valence-corrected chi connectivity index (χ4v) is 9.76. The average Bonchev–Trinajstić information content (AvgIpc) is 1.80. The van der Waals surface area contributed by atoms with E-state index >= 15 is 0 Å². The summed E-state index contributed by atoms with van der Waals surface area (Å²) >= 11 is -1.84. The number of halogens is 2. The van der Waals surface area contributed by atoms with Crippen molar-refractivity contribution in [2.45, 2.75) is 32.2 Å². The summed E-state index contributed by atoms with van der Waals surface area (Å²) < 4.78 is 0. The van der Waals surface area contributed by atoms with Crippen LogP contribution in [0.1, 0.15) is 26.2 Å². The summed E-state index contributed by atoms with van der Waals surface area (Å²) in [5.41, 5.74) is 0. The van der Waals surface area contributed by atoms with Crippen LogP contribution in [0, 0.1) is 0 Å². The molecule has 0 fully saturated rings. The van der Waals surface area contributed by atoms with Crippen LogP contribution >= 0.6 is 17.2 Å². The molecule has 0 aromatic carbocycles. The first-order valence-corrected chi connectivity index (χ1v) is 18.7. The van der Waals surface area contributed by atoms with Crippen molar-refractivity contribution >= 4 is 23.4 Å². The normalized spacial score (nSPS) is 9.22. The van der Waals surface area contributed by atoms with Crippen molar-refractivity contribution in [1.29, 1.82) is 0 Å². The van der Waals surface area contributed by atoms with Gasteiger partial charge in [0, 0.05) is 0 Å². The van der Waals surface area contributed by atoms with Crippen LogP contribution in [-0.2, 0) is 17.7 Å². The van der Waals surface area contributed by atoms with E-state index in [1.807, 2.05) is 0 Å². The van der Waals surface area contributed by atoms with E-state index in [1.165, 1.54) is 25.3 Å². The standard InChI is InChI=1S/C5H11Si.2ClH.Hf/c1-2-3-4-5-6;;;/h2-5H2,1H3;2*1H;/q;;;+2/p-2. The van der Waals surface area contributed by atoms with Crippen molar-refractivity contribution in [3.8, 4) is 0 Å². The van der Waals surface area contributed by atoms with Gasteiger partial charge in [-0.3, -0.25) is 0 Å². The number of hydrogen-bond acceptors (Lipinski definition) is 0. The Bertz CT molecular complexity index is 91.0. The number of unbranched alkanes of at least 4 members (excludes halogenated alkanes) is 2. The third-order valence-electron chi connectivity index (χ3n) is 1.04. The van der Waals surface area contributed by atoms with Gasteiger partial charge in [-0.2, -0.15) is 0 Å². The fraction of sp³-hybridized carbons (Fsp3) is 1.00. The van der Waals surface area contributed by atoms with E-state index in [1.54, 1.807) is 0 Å². The second kappa shape index (κ2) is 7.77. The second-order valence-electron chi connectivity index (χ2n) is 1.89. The molecule has 0 aliphatic rings. The van der Waals surface area contributed by atoms with Crippen molar-refractivity contribution in [2.75, 3.05) is 0 Å². The Balaban J connectivity index is 3.00. The van der Waals surface area contributed by atoms with E-state index in [9.17, 15) is 0 Å². The third kappa shape index (κ3) is 9.67. The molecule has 0 aromatic rings. The maximum atomic E-state index is 5.75. The monoisotopic (exact) mass is 349 g/mol. The van der Waals surface area contributed by atoms with Gasteiger partial charge in [-0.05, 0) is 0 Å². The third-order valence-corrected chi connectivity index (χ3v) is 14.0. The molecule has 0 spiro atoms. The predicted octanol–water partition coefficient (Wildman–Crippen LogP) is 3.14. The van der Waals surface area contributed by atoms with E-state index < -0.39 is 17.7 Å². The number of hydrogen-bond donors (Lipinski definition) is 0. The summed E-state index contributed by atoms with van der Waals surface area (Å²) in [6.45, 7) is 2.21. The van der Waals surface area contributed by atoms with Crippen molar-refractivity contribution in [3.05, 3.63) is 0 Å². The molecule has 0 aliphatic heterocycles. The van der Waals surface area contributed by atoms with Gasteiger partial charge in [0.1, 0.15) is 0 Å². The van der Waals surface area contributed by atoms with Gasteiger partial charge in [0.05, 0.1) is 0 Å². The number of rotatable bonds is 4. The van der Waals surface area contributed by atoms with Crippen LogP contribution in [-0.4, -0.2) is 6.22 Å². The molecule has 53 valence electrons. The molecule has 1 radical (unpaired) electrons. The van der Waals surface area contributed by atoms with Crippen LogP contribution in [0.5, 0.6) is 0 Å². The molecular weight excluding hydrogens is 338 g/mol. The summed E-state index contributed by atoms with van der Waals surface area (Å²) in [5, 5.41) is 0. The first kappa shape index (κ1) is 10.7. The topological polar surface area (TPSA) is 0 Å². The van der Waals surface area contributed by atoms with E-state index in [0.29, 0.717) is 0 Å². The molecule has 0 nitrogen and oxygen atoms in total. The predicted molar refractivity (Wildman–Crippen MR) is 41.8 cm³/mol. The molecule has 0 amide bonds. The Labute approximate surface area is 72.8 Å². The van der Waals surface area contributed by atoms with E-state index in [4.69, 9.17) is 17.2 Å². The summed E-state index contributed by atoms with van der Waals surface area (Å²) in [4.78, 5) is 0. The van der Waals surface area contributed by atoms with Crippen LogP contribution in [0.4, 0.5) is 0 Å². The Hall–Kier alpha value is 1.67. The van der Waals surface area contributed by atoms with Gasteiger partial charge in [-0.25, -0.2) is 0 Å².